The van der Waals surface area contributed by atoms with Crippen LogP contribution in [0.15, 0.2) is 30.3 Å². The first-order valence-electron chi connectivity index (χ1n) is 6.14. The van der Waals surface area contributed by atoms with Gasteiger partial charge in [0.05, 0.1) is 6.54 Å². The standard InChI is InChI=1S/C13H19N3O/c17-13(16-9-4-7-14-8-10-16)11-15-12-5-2-1-3-6-12/h1-3,5-6,14-15H,4,7-11H2. The first-order chi connectivity index (χ1) is 8.36. The summed E-state index contributed by atoms with van der Waals surface area (Å²) in [5.41, 5.74) is 0.994. The van der Waals surface area contributed by atoms with Gasteiger partial charge in [0.15, 0.2) is 0 Å². The summed E-state index contributed by atoms with van der Waals surface area (Å²) in [6.07, 6.45) is 1.04. The van der Waals surface area contributed by atoms with E-state index in [9.17, 15) is 4.79 Å². The Balaban J connectivity index is 1.80. The van der Waals surface area contributed by atoms with Gasteiger partial charge in [0.25, 0.3) is 0 Å². The number of para-hydroxylation sites is 1. The Labute approximate surface area is 102 Å². The number of carbonyl (C=O) groups is 1. The molecular weight excluding hydrogens is 214 g/mol. The van der Waals surface area contributed by atoms with Crippen LogP contribution < -0.4 is 10.6 Å². The van der Waals surface area contributed by atoms with Crippen molar-refractivity contribution in [3.63, 3.8) is 0 Å². The van der Waals surface area contributed by atoms with Crippen molar-refractivity contribution in [3.8, 4) is 0 Å². The van der Waals surface area contributed by atoms with Gasteiger partial charge in [-0.15, -0.1) is 0 Å². The normalized spacial score (nSPS) is 16.4. The molecule has 92 valence electrons. The average Bonchev–Trinajstić information content (AvgIpc) is 2.66. The molecule has 0 spiro atoms. The minimum absolute atomic E-state index is 0.178. The van der Waals surface area contributed by atoms with E-state index in [1.165, 1.54) is 0 Å². The van der Waals surface area contributed by atoms with Gasteiger partial charge in [-0.1, -0.05) is 18.2 Å². The maximum atomic E-state index is 12.0. The molecule has 1 amide bonds. The average molecular weight is 233 g/mol. The van der Waals surface area contributed by atoms with Crippen molar-refractivity contribution >= 4 is 11.6 Å². The van der Waals surface area contributed by atoms with Gasteiger partial charge >= 0.3 is 0 Å². The van der Waals surface area contributed by atoms with Gasteiger partial charge in [-0.05, 0) is 25.1 Å². The van der Waals surface area contributed by atoms with Gasteiger partial charge in [0.1, 0.15) is 0 Å². The predicted octanol–water partition coefficient (Wildman–Crippen LogP) is 0.920. The SMILES string of the molecule is O=C(CNc1ccccc1)N1CCCNCC1. The fraction of sp³-hybridized carbons (Fsp3) is 0.462. The molecular formula is C13H19N3O. The number of hydrogen-bond acceptors (Lipinski definition) is 3. The molecule has 1 saturated heterocycles. The molecule has 4 nitrogen and oxygen atoms in total. The van der Waals surface area contributed by atoms with Gasteiger partial charge < -0.3 is 15.5 Å². The molecule has 17 heavy (non-hydrogen) atoms. The Kier molecular flexibility index (Phi) is 4.38. The van der Waals surface area contributed by atoms with Crippen LogP contribution in [0.3, 0.4) is 0 Å². The molecule has 1 aliphatic rings. The zero-order valence-corrected chi connectivity index (χ0v) is 9.98. The van der Waals surface area contributed by atoms with Crippen molar-refractivity contribution in [1.82, 2.24) is 10.2 Å². The topological polar surface area (TPSA) is 44.4 Å². The third-order valence-electron chi connectivity index (χ3n) is 2.91. The first kappa shape index (κ1) is 11.9. The molecule has 0 aromatic heterocycles. The Morgan fingerprint density at radius 1 is 1.24 bits per heavy atom. The molecule has 0 unspecified atom stereocenters. The van der Waals surface area contributed by atoms with Crippen LogP contribution in [0.25, 0.3) is 0 Å². The number of rotatable bonds is 3. The largest absolute Gasteiger partial charge is 0.376 e. The number of carbonyl (C=O) groups excluding carboxylic acids is 1. The third kappa shape index (κ3) is 3.75. The summed E-state index contributed by atoms with van der Waals surface area (Å²) in [6.45, 7) is 3.97. The number of nitrogens with zero attached hydrogens (tertiary/aromatic N) is 1. The van der Waals surface area contributed by atoms with Crippen LogP contribution in [0.5, 0.6) is 0 Å². The van der Waals surface area contributed by atoms with Crippen molar-refractivity contribution < 1.29 is 4.79 Å². The number of amides is 1. The number of anilines is 1. The van der Waals surface area contributed by atoms with Crippen LogP contribution in [0.4, 0.5) is 5.69 Å². The fourth-order valence-corrected chi connectivity index (χ4v) is 1.94. The van der Waals surface area contributed by atoms with Gasteiger partial charge in [-0.3, -0.25) is 4.79 Å². The summed E-state index contributed by atoms with van der Waals surface area (Å²) in [7, 11) is 0. The van der Waals surface area contributed by atoms with E-state index < -0.39 is 0 Å². The van der Waals surface area contributed by atoms with E-state index in [2.05, 4.69) is 10.6 Å². The van der Waals surface area contributed by atoms with E-state index in [4.69, 9.17) is 0 Å². The molecule has 1 aliphatic heterocycles. The molecule has 0 saturated carbocycles. The highest BCUT2D eigenvalue weighted by Gasteiger charge is 2.14. The van der Waals surface area contributed by atoms with Crippen LogP contribution in [-0.4, -0.2) is 43.5 Å². The predicted molar refractivity (Wildman–Crippen MR) is 69.0 cm³/mol. The molecule has 0 radical (unpaired) electrons. The van der Waals surface area contributed by atoms with Crippen LogP contribution >= 0.6 is 0 Å². The zero-order valence-electron chi connectivity index (χ0n) is 9.98. The Morgan fingerprint density at radius 2 is 2.06 bits per heavy atom. The van der Waals surface area contributed by atoms with Crippen molar-refractivity contribution in [2.75, 3.05) is 38.0 Å². The summed E-state index contributed by atoms with van der Waals surface area (Å²) in [4.78, 5) is 13.9. The molecule has 4 heteroatoms. The lowest BCUT2D eigenvalue weighted by Gasteiger charge is -2.20. The van der Waals surface area contributed by atoms with Crippen LogP contribution in [0, 0.1) is 0 Å². The van der Waals surface area contributed by atoms with Crippen LogP contribution in [-0.2, 0) is 4.79 Å². The second-order valence-electron chi connectivity index (χ2n) is 4.20. The van der Waals surface area contributed by atoms with E-state index in [0.717, 1.165) is 38.3 Å². The monoisotopic (exact) mass is 233 g/mol. The summed E-state index contributed by atoms with van der Waals surface area (Å²) in [6, 6.07) is 9.83. The summed E-state index contributed by atoms with van der Waals surface area (Å²) in [5, 5.41) is 6.44. The molecule has 0 atom stereocenters. The zero-order chi connectivity index (χ0) is 11.9. The third-order valence-corrected chi connectivity index (χ3v) is 2.91. The lowest BCUT2D eigenvalue weighted by molar-refractivity contribution is -0.129. The summed E-state index contributed by atoms with van der Waals surface area (Å²) >= 11 is 0. The Bertz CT molecular complexity index is 345. The Morgan fingerprint density at radius 3 is 2.88 bits per heavy atom. The second-order valence-corrected chi connectivity index (χ2v) is 4.20. The number of hydrogen-bond donors (Lipinski definition) is 2. The van der Waals surface area contributed by atoms with E-state index in [1.807, 2.05) is 35.2 Å². The highest BCUT2D eigenvalue weighted by atomic mass is 16.2. The lowest BCUT2D eigenvalue weighted by atomic mass is 10.3. The fourth-order valence-electron chi connectivity index (χ4n) is 1.94. The van der Waals surface area contributed by atoms with E-state index in [0.29, 0.717) is 6.54 Å². The van der Waals surface area contributed by atoms with Gasteiger partial charge in [0, 0.05) is 25.3 Å². The number of benzene rings is 1. The van der Waals surface area contributed by atoms with Crippen molar-refractivity contribution in [2.45, 2.75) is 6.42 Å². The van der Waals surface area contributed by atoms with E-state index in [-0.39, 0.29) is 5.91 Å². The van der Waals surface area contributed by atoms with Crippen molar-refractivity contribution in [1.29, 1.82) is 0 Å². The molecule has 1 aromatic rings. The highest BCUT2D eigenvalue weighted by Crippen LogP contribution is 2.05. The first-order valence-corrected chi connectivity index (χ1v) is 6.14. The maximum Gasteiger partial charge on any atom is 0.241 e. The van der Waals surface area contributed by atoms with Crippen molar-refractivity contribution in [3.05, 3.63) is 30.3 Å². The molecule has 0 bridgehead atoms. The maximum absolute atomic E-state index is 12.0. The summed E-state index contributed by atoms with van der Waals surface area (Å²) in [5.74, 6) is 0.178. The highest BCUT2D eigenvalue weighted by molar-refractivity contribution is 5.80. The van der Waals surface area contributed by atoms with Crippen LogP contribution in [0.2, 0.25) is 0 Å². The Hall–Kier alpha value is -1.55. The van der Waals surface area contributed by atoms with Crippen LogP contribution in [0.1, 0.15) is 6.42 Å². The molecule has 1 heterocycles. The molecule has 2 rings (SSSR count). The smallest absolute Gasteiger partial charge is 0.241 e. The van der Waals surface area contributed by atoms with Gasteiger partial charge in [0.2, 0.25) is 5.91 Å². The van der Waals surface area contributed by atoms with Crippen molar-refractivity contribution in [2.24, 2.45) is 0 Å². The van der Waals surface area contributed by atoms with E-state index in [1.54, 1.807) is 0 Å². The molecule has 1 aromatic carbocycles. The lowest BCUT2D eigenvalue weighted by Crippen LogP contribution is -2.37. The molecule has 1 fully saturated rings. The quantitative estimate of drug-likeness (QED) is 0.816. The van der Waals surface area contributed by atoms with E-state index >= 15 is 0 Å². The minimum atomic E-state index is 0.178. The second kappa shape index (κ2) is 6.25. The minimum Gasteiger partial charge on any atom is -0.376 e. The number of nitrogens with one attached hydrogen (secondary N) is 2. The summed E-state index contributed by atoms with van der Waals surface area (Å²) < 4.78 is 0. The molecule has 0 aliphatic carbocycles. The van der Waals surface area contributed by atoms with Gasteiger partial charge in [-0.2, -0.15) is 0 Å². The van der Waals surface area contributed by atoms with Gasteiger partial charge in [-0.25, -0.2) is 0 Å². The molecule has 2 N–H and O–H groups in total.